The van der Waals surface area contributed by atoms with Gasteiger partial charge in [-0.2, -0.15) is 5.10 Å². The van der Waals surface area contributed by atoms with Crippen LogP contribution in [-0.4, -0.2) is 55.1 Å². The molecule has 2 heterocycles. The van der Waals surface area contributed by atoms with Gasteiger partial charge in [0.05, 0.1) is 36.2 Å². The van der Waals surface area contributed by atoms with Gasteiger partial charge in [0.25, 0.3) is 5.91 Å². The zero-order valence-corrected chi connectivity index (χ0v) is 18.6. The second-order valence-electron chi connectivity index (χ2n) is 7.51. The van der Waals surface area contributed by atoms with Gasteiger partial charge >= 0.3 is 5.97 Å². The topological polar surface area (TPSA) is 91.7 Å². The van der Waals surface area contributed by atoms with Crippen LogP contribution >= 0.6 is 0 Å². The Morgan fingerprint density at radius 1 is 1.31 bits per heavy atom. The third-order valence-electron chi connectivity index (χ3n) is 5.29. The van der Waals surface area contributed by atoms with Crippen LogP contribution in [0.5, 0.6) is 5.75 Å². The van der Waals surface area contributed by atoms with E-state index in [-0.39, 0.29) is 18.1 Å². The molecule has 174 valence electrons. The summed E-state index contributed by atoms with van der Waals surface area (Å²) in [7, 11) is 1.44. The molecule has 32 heavy (non-hydrogen) atoms. The summed E-state index contributed by atoms with van der Waals surface area (Å²) < 4.78 is 31.7. The second-order valence-corrected chi connectivity index (χ2v) is 7.51. The molecule has 1 aliphatic rings. The summed E-state index contributed by atoms with van der Waals surface area (Å²) >= 11 is 0. The molecular formula is C23H30FN3O5. The predicted octanol–water partition coefficient (Wildman–Crippen LogP) is 2.92. The molecule has 1 amide bonds. The Labute approximate surface area is 187 Å². The fourth-order valence-electron chi connectivity index (χ4n) is 3.65. The monoisotopic (exact) mass is 447 g/mol. The van der Waals surface area contributed by atoms with E-state index in [0.717, 1.165) is 24.2 Å². The first kappa shape index (κ1) is 23.7. The maximum Gasteiger partial charge on any atom is 0.341 e. The number of aromatic nitrogens is 2. The van der Waals surface area contributed by atoms with Gasteiger partial charge in [-0.05, 0) is 43.9 Å². The highest BCUT2D eigenvalue weighted by molar-refractivity contribution is 5.96. The third-order valence-corrected chi connectivity index (χ3v) is 5.29. The normalized spacial score (nSPS) is 14.8. The van der Waals surface area contributed by atoms with E-state index in [9.17, 15) is 14.0 Å². The molecule has 0 radical (unpaired) electrons. The molecule has 0 spiro atoms. The number of fused-ring (bicyclic) bond motifs is 1. The van der Waals surface area contributed by atoms with Crippen molar-refractivity contribution in [1.29, 1.82) is 0 Å². The van der Waals surface area contributed by atoms with Crippen LogP contribution in [0, 0.1) is 5.82 Å². The lowest BCUT2D eigenvalue weighted by Crippen LogP contribution is -2.26. The van der Waals surface area contributed by atoms with Crippen LogP contribution in [-0.2, 0) is 28.9 Å². The number of hydrogen-bond acceptors (Lipinski definition) is 6. The van der Waals surface area contributed by atoms with Crippen LogP contribution in [0.4, 0.5) is 4.39 Å². The fourth-order valence-corrected chi connectivity index (χ4v) is 3.65. The third kappa shape index (κ3) is 5.85. The SMILES string of the molecule is CCc1nn(CCCOC(=O)c2cc(OC)ccc2F)c2c1C(=O)NCCCOCCC2. The molecule has 0 unspecified atom stereocenters. The molecule has 1 aliphatic heterocycles. The van der Waals surface area contributed by atoms with E-state index >= 15 is 0 Å². The van der Waals surface area contributed by atoms with Gasteiger partial charge in [-0.25, -0.2) is 9.18 Å². The summed E-state index contributed by atoms with van der Waals surface area (Å²) in [5.41, 5.74) is 2.11. The molecule has 0 fully saturated rings. The number of halogens is 1. The average Bonchev–Trinajstić information content (AvgIpc) is 3.13. The van der Waals surface area contributed by atoms with Crippen LogP contribution in [0.1, 0.15) is 58.3 Å². The van der Waals surface area contributed by atoms with Crippen molar-refractivity contribution >= 4 is 11.9 Å². The molecule has 0 atom stereocenters. The Bertz CT molecular complexity index is 944. The smallest absolute Gasteiger partial charge is 0.341 e. The molecule has 0 bridgehead atoms. The first-order valence-electron chi connectivity index (χ1n) is 11.0. The number of benzene rings is 1. The largest absolute Gasteiger partial charge is 0.497 e. The van der Waals surface area contributed by atoms with Crippen molar-refractivity contribution < 1.29 is 28.2 Å². The van der Waals surface area contributed by atoms with Crippen molar-refractivity contribution in [2.24, 2.45) is 0 Å². The number of methoxy groups -OCH3 is 1. The molecule has 0 saturated heterocycles. The number of esters is 1. The van der Waals surface area contributed by atoms with Crippen molar-refractivity contribution in [2.45, 2.75) is 45.6 Å². The Morgan fingerprint density at radius 3 is 2.91 bits per heavy atom. The number of hydrogen-bond donors (Lipinski definition) is 1. The van der Waals surface area contributed by atoms with Crippen LogP contribution < -0.4 is 10.1 Å². The molecule has 3 rings (SSSR count). The minimum atomic E-state index is -0.744. The Hall–Kier alpha value is -2.94. The summed E-state index contributed by atoms with van der Waals surface area (Å²) in [6, 6.07) is 3.93. The number of rotatable bonds is 7. The maximum absolute atomic E-state index is 13.9. The number of carbonyl (C=O) groups is 2. The fraction of sp³-hybridized carbons (Fsp3) is 0.522. The molecule has 9 heteroatoms. The van der Waals surface area contributed by atoms with E-state index in [1.807, 2.05) is 11.6 Å². The lowest BCUT2D eigenvalue weighted by atomic mass is 10.1. The van der Waals surface area contributed by atoms with Gasteiger partial charge in [0, 0.05) is 32.7 Å². The Kier molecular flexibility index (Phi) is 8.61. The van der Waals surface area contributed by atoms with Crippen LogP contribution in [0.15, 0.2) is 18.2 Å². The van der Waals surface area contributed by atoms with Gasteiger partial charge in [0.2, 0.25) is 0 Å². The summed E-state index contributed by atoms with van der Waals surface area (Å²) in [5, 5.41) is 7.59. The number of nitrogens with zero attached hydrogens (tertiary/aromatic N) is 2. The van der Waals surface area contributed by atoms with Crippen molar-refractivity contribution in [1.82, 2.24) is 15.1 Å². The number of amides is 1. The summed E-state index contributed by atoms with van der Waals surface area (Å²) in [6.45, 7) is 4.36. The Balaban J connectivity index is 1.66. The maximum atomic E-state index is 13.9. The van der Waals surface area contributed by atoms with Crippen LogP contribution in [0.3, 0.4) is 0 Å². The number of nitrogens with one attached hydrogen (secondary N) is 1. The van der Waals surface area contributed by atoms with Crippen molar-refractivity contribution in [3.8, 4) is 5.75 Å². The summed E-state index contributed by atoms with van der Waals surface area (Å²) in [4.78, 5) is 25.0. The van der Waals surface area contributed by atoms with Gasteiger partial charge < -0.3 is 19.5 Å². The molecule has 8 nitrogen and oxygen atoms in total. The van der Waals surface area contributed by atoms with E-state index in [4.69, 9.17) is 14.2 Å². The first-order chi connectivity index (χ1) is 15.5. The van der Waals surface area contributed by atoms with Gasteiger partial charge in [0.15, 0.2) is 0 Å². The van der Waals surface area contributed by atoms with Crippen molar-refractivity contribution in [3.05, 3.63) is 46.5 Å². The van der Waals surface area contributed by atoms with Crippen molar-refractivity contribution in [2.75, 3.05) is 33.5 Å². The lowest BCUT2D eigenvalue weighted by Gasteiger charge is -2.10. The highest BCUT2D eigenvalue weighted by Gasteiger charge is 2.23. The molecule has 0 aliphatic carbocycles. The lowest BCUT2D eigenvalue weighted by molar-refractivity contribution is 0.0488. The van der Waals surface area contributed by atoms with Crippen LogP contribution in [0.25, 0.3) is 0 Å². The van der Waals surface area contributed by atoms with Crippen LogP contribution in [0.2, 0.25) is 0 Å². The van der Waals surface area contributed by atoms with E-state index in [1.165, 1.54) is 25.3 Å². The second kappa shape index (κ2) is 11.6. The highest BCUT2D eigenvalue weighted by atomic mass is 19.1. The molecule has 1 aromatic heterocycles. The van der Waals surface area contributed by atoms with E-state index < -0.39 is 11.8 Å². The number of carbonyl (C=O) groups excluding carboxylic acids is 2. The predicted molar refractivity (Wildman–Crippen MR) is 116 cm³/mol. The van der Waals surface area contributed by atoms with Gasteiger partial charge in [0.1, 0.15) is 11.6 Å². The number of ether oxygens (including phenoxy) is 3. The summed E-state index contributed by atoms with van der Waals surface area (Å²) in [6.07, 6.45) is 3.36. The molecule has 1 N–H and O–H groups in total. The van der Waals surface area contributed by atoms with Crippen molar-refractivity contribution in [3.63, 3.8) is 0 Å². The Morgan fingerprint density at radius 2 is 2.12 bits per heavy atom. The molecular weight excluding hydrogens is 417 g/mol. The highest BCUT2D eigenvalue weighted by Crippen LogP contribution is 2.20. The standard InChI is InChI=1S/C23H30FN3O5/c1-3-19-21-20(7-4-12-31-13-5-10-25-22(21)28)27(26-19)11-6-14-32-23(29)17-15-16(30-2)8-9-18(17)24/h8-9,15H,3-7,10-14H2,1-2H3,(H,25,28). The quantitative estimate of drug-likeness (QED) is 0.518. The first-order valence-corrected chi connectivity index (χ1v) is 11.0. The van der Waals surface area contributed by atoms with E-state index in [0.29, 0.717) is 56.9 Å². The molecule has 0 saturated carbocycles. The minimum Gasteiger partial charge on any atom is -0.497 e. The zero-order valence-electron chi connectivity index (χ0n) is 18.6. The average molecular weight is 448 g/mol. The number of aryl methyl sites for hydroxylation is 2. The molecule has 2 aromatic rings. The van der Waals surface area contributed by atoms with Gasteiger partial charge in [-0.3, -0.25) is 9.48 Å². The van der Waals surface area contributed by atoms with Gasteiger partial charge in [-0.15, -0.1) is 0 Å². The van der Waals surface area contributed by atoms with E-state index in [2.05, 4.69) is 10.4 Å². The van der Waals surface area contributed by atoms with E-state index in [1.54, 1.807) is 0 Å². The summed E-state index contributed by atoms with van der Waals surface area (Å²) in [5.74, 6) is -1.13. The minimum absolute atomic E-state index is 0.0981. The zero-order chi connectivity index (χ0) is 22.9. The van der Waals surface area contributed by atoms with Gasteiger partial charge in [-0.1, -0.05) is 6.92 Å². The molecule has 1 aromatic carbocycles.